The van der Waals surface area contributed by atoms with E-state index in [0.717, 1.165) is 0 Å². The quantitative estimate of drug-likeness (QED) is 0.363. The van der Waals surface area contributed by atoms with Crippen molar-refractivity contribution in [2.24, 2.45) is 0 Å². The average Bonchev–Trinajstić information content (AvgIpc) is 1.89. The van der Waals surface area contributed by atoms with E-state index in [9.17, 15) is 0 Å². The Morgan fingerprint density at radius 1 is 1.20 bits per heavy atom. The summed E-state index contributed by atoms with van der Waals surface area (Å²) in [6.45, 7) is 5.93. The highest BCUT2D eigenvalue weighted by atomic mass is 17.2. The number of rotatable bonds is 5. The smallest absolute Gasteiger partial charge is 0.308 e. The highest BCUT2D eigenvalue weighted by Gasteiger charge is 2.25. The molecule has 0 aliphatic rings. The minimum absolute atomic E-state index is 0.428. The molecule has 0 aliphatic heterocycles. The van der Waals surface area contributed by atoms with Crippen LogP contribution in [0, 0.1) is 0 Å². The zero-order chi connectivity index (χ0) is 8.04. The number of hydrogen-bond donors (Lipinski definition) is 1. The van der Waals surface area contributed by atoms with Crippen molar-refractivity contribution in [1.29, 1.82) is 0 Å². The number of hydrogen-bond acceptors (Lipinski definition) is 4. The highest BCUT2D eigenvalue weighted by Crippen LogP contribution is 2.11. The van der Waals surface area contributed by atoms with Crippen molar-refractivity contribution in [3.05, 3.63) is 0 Å². The summed E-state index contributed by atoms with van der Waals surface area (Å²) in [6.07, 6.45) is 0. The minimum Gasteiger partial charge on any atom is -0.326 e. The Hall–Kier alpha value is -0.160. The molecule has 0 aromatic heterocycles. The van der Waals surface area contributed by atoms with E-state index >= 15 is 0 Å². The van der Waals surface area contributed by atoms with Crippen molar-refractivity contribution >= 4 is 0 Å². The fourth-order valence-electron chi connectivity index (χ4n) is 0.619. The molecule has 4 nitrogen and oxygen atoms in total. The molecule has 0 aliphatic carbocycles. The second-order valence-electron chi connectivity index (χ2n) is 1.82. The van der Waals surface area contributed by atoms with Crippen LogP contribution >= 0.6 is 0 Å². The molecule has 0 rings (SSSR count). The molecule has 0 bridgehead atoms. The van der Waals surface area contributed by atoms with E-state index < -0.39 is 5.97 Å². The fraction of sp³-hybridized carbons (Fsp3) is 1.00. The molecule has 10 heavy (non-hydrogen) atoms. The summed E-state index contributed by atoms with van der Waals surface area (Å²) in [5, 5.41) is 8.30. The van der Waals surface area contributed by atoms with E-state index in [-0.39, 0.29) is 0 Å². The third kappa shape index (κ3) is 3.12. The second-order valence-corrected chi connectivity index (χ2v) is 1.82. The van der Waals surface area contributed by atoms with Crippen LogP contribution in [0.15, 0.2) is 0 Å². The summed E-state index contributed by atoms with van der Waals surface area (Å²) in [4.78, 5) is 3.97. The largest absolute Gasteiger partial charge is 0.326 e. The van der Waals surface area contributed by atoms with E-state index in [0.29, 0.717) is 13.2 Å². The van der Waals surface area contributed by atoms with Crippen LogP contribution in [-0.4, -0.2) is 24.4 Å². The summed E-state index contributed by atoms with van der Waals surface area (Å²) in [5.41, 5.74) is 0. The lowest BCUT2D eigenvalue weighted by Gasteiger charge is -2.24. The van der Waals surface area contributed by atoms with E-state index in [2.05, 4.69) is 4.89 Å². The zero-order valence-corrected chi connectivity index (χ0v) is 6.59. The molecule has 0 radical (unpaired) electrons. The van der Waals surface area contributed by atoms with Gasteiger partial charge in [0.15, 0.2) is 0 Å². The Kier molecular flexibility index (Phi) is 4.55. The third-order valence-corrected chi connectivity index (χ3v) is 0.979. The molecule has 0 amide bonds. The summed E-state index contributed by atoms with van der Waals surface area (Å²) in [7, 11) is 0. The van der Waals surface area contributed by atoms with Crippen molar-refractivity contribution in [3.63, 3.8) is 0 Å². The summed E-state index contributed by atoms with van der Waals surface area (Å²) < 4.78 is 9.85. The molecular formula is C6H14O4. The molecule has 0 saturated carbocycles. The van der Waals surface area contributed by atoms with Crippen LogP contribution in [0.3, 0.4) is 0 Å². The van der Waals surface area contributed by atoms with Gasteiger partial charge in [-0.05, 0) is 13.8 Å². The van der Waals surface area contributed by atoms with Crippen LogP contribution < -0.4 is 0 Å². The molecule has 0 spiro atoms. The van der Waals surface area contributed by atoms with Gasteiger partial charge < -0.3 is 9.47 Å². The SMILES string of the molecule is CCOC(C)(OO)OCC. The third-order valence-electron chi connectivity index (χ3n) is 0.979. The standard InChI is InChI=1S/C6H14O4/c1-4-8-6(3,10-7)9-5-2/h7H,4-5H2,1-3H3. The first-order valence-corrected chi connectivity index (χ1v) is 3.29. The van der Waals surface area contributed by atoms with Gasteiger partial charge in [0.05, 0.1) is 0 Å². The van der Waals surface area contributed by atoms with Crippen molar-refractivity contribution < 1.29 is 19.6 Å². The Balaban J connectivity index is 3.69. The predicted octanol–water partition coefficient (Wildman–Crippen LogP) is 1.22. The molecule has 0 atom stereocenters. The maximum atomic E-state index is 8.30. The molecule has 0 aromatic carbocycles. The maximum Gasteiger partial charge on any atom is 0.308 e. The lowest BCUT2D eigenvalue weighted by Crippen LogP contribution is -2.34. The normalized spacial score (nSPS) is 12.0. The van der Waals surface area contributed by atoms with Crippen molar-refractivity contribution in [2.75, 3.05) is 13.2 Å². The van der Waals surface area contributed by atoms with E-state index in [1.165, 1.54) is 6.92 Å². The fourth-order valence-corrected chi connectivity index (χ4v) is 0.619. The molecule has 4 heteroatoms. The molecule has 1 N–H and O–H groups in total. The Morgan fingerprint density at radius 3 is 1.80 bits per heavy atom. The summed E-state index contributed by atoms with van der Waals surface area (Å²) in [5.74, 6) is -1.30. The van der Waals surface area contributed by atoms with Gasteiger partial charge in [-0.15, -0.1) is 0 Å². The van der Waals surface area contributed by atoms with Crippen LogP contribution in [-0.2, 0) is 14.4 Å². The van der Waals surface area contributed by atoms with E-state index in [1.807, 2.05) is 0 Å². The topological polar surface area (TPSA) is 47.9 Å². The highest BCUT2D eigenvalue weighted by molar-refractivity contribution is 4.41. The van der Waals surface area contributed by atoms with Gasteiger partial charge in [0, 0.05) is 20.1 Å². The summed E-state index contributed by atoms with van der Waals surface area (Å²) >= 11 is 0. The first-order valence-electron chi connectivity index (χ1n) is 3.29. The van der Waals surface area contributed by atoms with Gasteiger partial charge >= 0.3 is 5.97 Å². The van der Waals surface area contributed by atoms with Gasteiger partial charge in [-0.3, -0.25) is 0 Å². The number of ether oxygens (including phenoxy) is 2. The Morgan fingerprint density at radius 2 is 1.60 bits per heavy atom. The molecule has 0 fully saturated rings. The Bertz CT molecular complexity index is 77.8. The van der Waals surface area contributed by atoms with Gasteiger partial charge in [0.25, 0.3) is 0 Å². The lowest BCUT2D eigenvalue weighted by molar-refractivity contribution is -0.482. The van der Waals surface area contributed by atoms with Crippen molar-refractivity contribution in [1.82, 2.24) is 0 Å². The van der Waals surface area contributed by atoms with Crippen LogP contribution in [0.4, 0.5) is 0 Å². The first-order chi connectivity index (χ1) is 4.68. The maximum absolute atomic E-state index is 8.30. The van der Waals surface area contributed by atoms with Crippen LogP contribution in [0.2, 0.25) is 0 Å². The second kappa shape index (κ2) is 4.62. The average molecular weight is 150 g/mol. The van der Waals surface area contributed by atoms with Crippen LogP contribution in [0.25, 0.3) is 0 Å². The summed E-state index contributed by atoms with van der Waals surface area (Å²) in [6, 6.07) is 0. The minimum atomic E-state index is -1.30. The molecule has 0 aromatic rings. The lowest BCUT2D eigenvalue weighted by atomic mass is 10.6. The Labute approximate surface area is 60.6 Å². The van der Waals surface area contributed by atoms with Crippen LogP contribution in [0.1, 0.15) is 20.8 Å². The molecule has 62 valence electrons. The van der Waals surface area contributed by atoms with Gasteiger partial charge in [0.1, 0.15) is 0 Å². The zero-order valence-electron chi connectivity index (χ0n) is 6.59. The van der Waals surface area contributed by atoms with E-state index in [4.69, 9.17) is 14.7 Å². The van der Waals surface area contributed by atoms with Gasteiger partial charge in [0.2, 0.25) is 0 Å². The molecular weight excluding hydrogens is 136 g/mol. The van der Waals surface area contributed by atoms with Crippen molar-refractivity contribution in [3.8, 4) is 0 Å². The monoisotopic (exact) mass is 150 g/mol. The van der Waals surface area contributed by atoms with Crippen molar-refractivity contribution in [2.45, 2.75) is 26.7 Å². The van der Waals surface area contributed by atoms with Gasteiger partial charge in [-0.2, -0.15) is 4.89 Å². The predicted molar refractivity (Wildman–Crippen MR) is 35.4 cm³/mol. The molecule has 0 saturated heterocycles. The van der Waals surface area contributed by atoms with Crippen LogP contribution in [0.5, 0.6) is 0 Å². The molecule has 0 heterocycles. The van der Waals surface area contributed by atoms with Gasteiger partial charge in [-0.25, -0.2) is 5.26 Å². The molecule has 0 unspecified atom stereocenters. The first kappa shape index (κ1) is 9.84. The van der Waals surface area contributed by atoms with E-state index in [1.54, 1.807) is 13.8 Å². The van der Waals surface area contributed by atoms with Gasteiger partial charge in [-0.1, -0.05) is 0 Å².